The minimum absolute atomic E-state index is 0.0292. The van der Waals surface area contributed by atoms with E-state index < -0.39 is 6.04 Å². The average molecular weight is 307 g/mol. The van der Waals surface area contributed by atoms with Gasteiger partial charge in [-0.25, -0.2) is 0 Å². The Labute approximate surface area is 131 Å². The number of ether oxygens (including phenoxy) is 2. The van der Waals surface area contributed by atoms with Crippen LogP contribution in [0.5, 0.6) is 11.5 Å². The smallest absolute Gasteiger partial charge is 0.239 e. The minimum Gasteiger partial charge on any atom is -0.497 e. The van der Waals surface area contributed by atoms with Gasteiger partial charge in [0.1, 0.15) is 11.5 Å². The molecule has 3 N–H and O–H groups in total. The highest BCUT2D eigenvalue weighted by Crippen LogP contribution is 2.27. The van der Waals surface area contributed by atoms with Gasteiger partial charge in [-0.1, -0.05) is 0 Å². The van der Waals surface area contributed by atoms with E-state index in [4.69, 9.17) is 15.2 Å². The molecule has 6 nitrogen and oxygen atoms in total. The number of likely N-dealkylation sites (tertiary alicyclic amines) is 1. The summed E-state index contributed by atoms with van der Waals surface area (Å²) in [5.74, 6) is 1.54. The maximum absolute atomic E-state index is 11.9. The number of amides is 1. The Bertz CT molecular complexity index is 489. The molecule has 0 saturated carbocycles. The Morgan fingerprint density at radius 2 is 1.77 bits per heavy atom. The second-order valence-electron chi connectivity index (χ2n) is 5.63. The van der Waals surface area contributed by atoms with Crippen LogP contribution in [0.25, 0.3) is 0 Å². The zero-order chi connectivity index (χ0) is 16.1. The number of carbonyl (C=O) groups excluding carboxylic acids is 1. The lowest BCUT2D eigenvalue weighted by molar-refractivity contribution is -0.133. The molecule has 1 atom stereocenters. The summed E-state index contributed by atoms with van der Waals surface area (Å²) in [6.07, 6.45) is 1.80. The summed E-state index contributed by atoms with van der Waals surface area (Å²) in [6.45, 7) is 3.20. The Hall–Kier alpha value is -1.95. The van der Waals surface area contributed by atoms with E-state index in [-0.39, 0.29) is 5.91 Å². The van der Waals surface area contributed by atoms with Crippen molar-refractivity contribution in [2.24, 2.45) is 5.73 Å². The molecule has 1 aliphatic heterocycles. The lowest BCUT2D eigenvalue weighted by Crippen LogP contribution is -2.48. The van der Waals surface area contributed by atoms with Crippen LogP contribution in [0.3, 0.4) is 0 Å². The molecule has 0 aromatic heterocycles. The number of carbonyl (C=O) groups is 1. The zero-order valence-corrected chi connectivity index (χ0v) is 13.5. The molecule has 2 rings (SSSR count). The normalized spacial score (nSPS) is 17.0. The average Bonchev–Trinajstić information content (AvgIpc) is 2.54. The van der Waals surface area contributed by atoms with Gasteiger partial charge in [-0.2, -0.15) is 0 Å². The molecule has 1 unspecified atom stereocenters. The fourth-order valence-corrected chi connectivity index (χ4v) is 2.66. The number of methoxy groups -OCH3 is 2. The van der Waals surface area contributed by atoms with Gasteiger partial charge in [-0.3, -0.25) is 4.79 Å². The molecular formula is C16H25N3O3. The molecule has 1 aromatic rings. The summed E-state index contributed by atoms with van der Waals surface area (Å²) in [5, 5.41) is 3.49. The number of nitrogens with zero attached hydrogens (tertiary/aromatic N) is 1. The molecule has 1 heterocycles. The van der Waals surface area contributed by atoms with Crippen molar-refractivity contribution in [3.05, 3.63) is 18.2 Å². The first-order valence-electron chi connectivity index (χ1n) is 7.57. The van der Waals surface area contributed by atoms with Crippen molar-refractivity contribution in [2.75, 3.05) is 32.6 Å². The van der Waals surface area contributed by atoms with Gasteiger partial charge in [-0.15, -0.1) is 0 Å². The first-order valence-corrected chi connectivity index (χ1v) is 7.57. The quantitative estimate of drug-likeness (QED) is 0.861. The third-order valence-electron chi connectivity index (χ3n) is 3.92. The predicted molar refractivity (Wildman–Crippen MR) is 86.4 cm³/mol. The van der Waals surface area contributed by atoms with Crippen LogP contribution < -0.4 is 20.5 Å². The fraction of sp³-hybridized carbons (Fsp3) is 0.562. The van der Waals surface area contributed by atoms with Gasteiger partial charge in [0.2, 0.25) is 5.91 Å². The molecule has 0 radical (unpaired) electrons. The maximum atomic E-state index is 11.9. The number of rotatable bonds is 5. The van der Waals surface area contributed by atoms with Crippen molar-refractivity contribution >= 4 is 11.6 Å². The summed E-state index contributed by atoms with van der Waals surface area (Å²) < 4.78 is 10.5. The topological polar surface area (TPSA) is 76.8 Å². The van der Waals surface area contributed by atoms with Gasteiger partial charge >= 0.3 is 0 Å². The second-order valence-corrected chi connectivity index (χ2v) is 5.63. The predicted octanol–water partition coefficient (Wildman–Crippen LogP) is 1.45. The lowest BCUT2D eigenvalue weighted by atomic mass is 10.0. The molecule has 1 saturated heterocycles. The minimum atomic E-state index is -0.424. The molecule has 1 amide bonds. The first kappa shape index (κ1) is 16.4. The zero-order valence-electron chi connectivity index (χ0n) is 13.5. The Morgan fingerprint density at radius 1 is 1.23 bits per heavy atom. The van der Waals surface area contributed by atoms with Crippen LogP contribution in [0.15, 0.2) is 18.2 Å². The molecule has 22 heavy (non-hydrogen) atoms. The van der Waals surface area contributed by atoms with E-state index in [0.717, 1.165) is 43.1 Å². The van der Waals surface area contributed by atoms with E-state index in [1.54, 1.807) is 21.1 Å². The Morgan fingerprint density at radius 3 is 2.23 bits per heavy atom. The van der Waals surface area contributed by atoms with Crippen molar-refractivity contribution in [2.45, 2.75) is 31.8 Å². The molecule has 122 valence electrons. The molecule has 0 bridgehead atoms. The van der Waals surface area contributed by atoms with Crippen LogP contribution in [0.1, 0.15) is 19.8 Å². The Kier molecular flexibility index (Phi) is 5.49. The maximum Gasteiger partial charge on any atom is 0.239 e. The Balaban J connectivity index is 1.94. The second kappa shape index (κ2) is 7.35. The van der Waals surface area contributed by atoms with E-state index in [1.165, 1.54) is 0 Å². The summed E-state index contributed by atoms with van der Waals surface area (Å²) in [4.78, 5) is 13.7. The molecule has 0 spiro atoms. The van der Waals surface area contributed by atoms with Gasteiger partial charge in [-0.05, 0) is 19.8 Å². The van der Waals surface area contributed by atoms with Crippen molar-refractivity contribution in [3.63, 3.8) is 0 Å². The molecule has 1 fully saturated rings. The SMILES string of the molecule is COc1cc(NC2CCN(C(=O)C(C)N)CC2)cc(OC)c1. The highest BCUT2D eigenvalue weighted by molar-refractivity contribution is 5.81. The molecule has 1 aliphatic rings. The van der Waals surface area contributed by atoms with E-state index in [0.29, 0.717) is 6.04 Å². The van der Waals surface area contributed by atoms with Crippen LogP contribution >= 0.6 is 0 Å². The number of hydrogen-bond acceptors (Lipinski definition) is 5. The van der Waals surface area contributed by atoms with E-state index in [9.17, 15) is 4.79 Å². The van der Waals surface area contributed by atoms with Crippen molar-refractivity contribution < 1.29 is 14.3 Å². The summed E-state index contributed by atoms with van der Waals surface area (Å²) in [5.41, 5.74) is 6.62. The highest BCUT2D eigenvalue weighted by atomic mass is 16.5. The van der Waals surface area contributed by atoms with Crippen molar-refractivity contribution in [3.8, 4) is 11.5 Å². The highest BCUT2D eigenvalue weighted by Gasteiger charge is 2.24. The molecule has 6 heteroatoms. The first-order chi connectivity index (χ1) is 10.5. The third kappa shape index (κ3) is 4.04. The molecule has 0 aliphatic carbocycles. The molecule has 1 aromatic carbocycles. The van der Waals surface area contributed by atoms with Gasteiger partial charge in [0.15, 0.2) is 0 Å². The number of piperidine rings is 1. The number of nitrogens with one attached hydrogen (secondary N) is 1. The largest absolute Gasteiger partial charge is 0.497 e. The van der Waals surface area contributed by atoms with E-state index in [2.05, 4.69) is 5.32 Å². The van der Waals surface area contributed by atoms with Crippen molar-refractivity contribution in [1.29, 1.82) is 0 Å². The van der Waals surface area contributed by atoms with Crippen LogP contribution in [-0.2, 0) is 4.79 Å². The molecular weight excluding hydrogens is 282 g/mol. The van der Waals surface area contributed by atoms with Crippen LogP contribution in [0.2, 0.25) is 0 Å². The van der Waals surface area contributed by atoms with Crippen LogP contribution in [-0.4, -0.2) is 50.2 Å². The van der Waals surface area contributed by atoms with Gasteiger partial charge < -0.3 is 25.4 Å². The standard InChI is InChI=1S/C16H25N3O3/c1-11(17)16(20)19-6-4-12(5-7-19)18-13-8-14(21-2)10-15(9-13)22-3/h8-12,18H,4-7,17H2,1-3H3. The van der Waals surface area contributed by atoms with Crippen LogP contribution in [0, 0.1) is 0 Å². The summed E-state index contributed by atoms with van der Waals surface area (Å²) >= 11 is 0. The lowest BCUT2D eigenvalue weighted by Gasteiger charge is -2.33. The van der Waals surface area contributed by atoms with Gasteiger partial charge in [0.25, 0.3) is 0 Å². The third-order valence-corrected chi connectivity index (χ3v) is 3.92. The monoisotopic (exact) mass is 307 g/mol. The number of nitrogens with two attached hydrogens (primary N) is 1. The summed E-state index contributed by atoms with van der Waals surface area (Å²) in [6, 6.07) is 5.64. The summed E-state index contributed by atoms with van der Waals surface area (Å²) in [7, 11) is 3.27. The fourth-order valence-electron chi connectivity index (χ4n) is 2.66. The van der Waals surface area contributed by atoms with Gasteiger partial charge in [0, 0.05) is 43.0 Å². The number of hydrogen-bond donors (Lipinski definition) is 2. The van der Waals surface area contributed by atoms with E-state index >= 15 is 0 Å². The van der Waals surface area contributed by atoms with Crippen LogP contribution in [0.4, 0.5) is 5.69 Å². The van der Waals surface area contributed by atoms with Gasteiger partial charge in [0.05, 0.1) is 20.3 Å². The number of benzene rings is 1. The van der Waals surface area contributed by atoms with E-state index in [1.807, 2.05) is 23.1 Å². The number of anilines is 1. The van der Waals surface area contributed by atoms with Crippen molar-refractivity contribution in [1.82, 2.24) is 4.90 Å².